The standard InChI is InChI=1S/C15H22BrNO/c1-11(17)14-8-7-13(16)9-15(14)18-10-12-5-3-2-4-6-12/h7-9,11-12H,2-6,10,17H2,1H3. The van der Waals surface area contributed by atoms with Crippen LogP contribution in [0.15, 0.2) is 22.7 Å². The fourth-order valence-electron chi connectivity index (χ4n) is 2.57. The van der Waals surface area contributed by atoms with Gasteiger partial charge in [-0.25, -0.2) is 0 Å². The van der Waals surface area contributed by atoms with E-state index in [1.54, 1.807) is 0 Å². The van der Waals surface area contributed by atoms with Crippen LogP contribution in [0.25, 0.3) is 0 Å². The van der Waals surface area contributed by atoms with Crippen LogP contribution in [0.3, 0.4) is 0 Å². The third-order valence-corrected chi connectivity index (χ3v) is 4.16. The van der Waals surface area contributed by atoms with Crippen LogP contribution in [-0.4, -0.2) is 6.61 Å². The van der Waals surface area contributed by atoms with Gasteiger partial charge in [-0.05, 0) is 37.8 Å². The number of hydrogen-bond donors (Lipinski definition) is 1. The minimum atomic E-state index is 0.0134. The third kappa shape index (κ3) is 3.72. The molecule has 0 bridgehead atoms. The van der Waals surface area contributed by atoms with Crippen molar-refractivity contribution in [2.75, 3.05) is 6.61 Å². The molecule has 0 radical (unpaired) electrons. The highest BCUT2D eigenvalue weighted by Crippen LogP contribution is 2.30. The first-order chi connectivity index (χ1) is 8.66. The zero-order chi connectivity index (χ0) is 13.0. The lowest BCUT2D eigenvalue weighted by atomic mass is 9.90. The first-order valence-electron chi connectivity index (χ1n) is 6.84. The molecule has 0 heterocycles. The van der Waals surface area contributed by atoms with Crippen LogP contribution < -0.4 is 10.5 Å². The average Bonchev–Trinajstić information content (AvgIpc) is 2.37. The lowest BCUT2D eigenvalue weighted by Gasteiger charge is -2.23. The zero-order valence-corrected chi connectivity index (χ0v) is 12.6. The summed E-state index contributed by atoms with van der Waals surface area (Å²) < 4.78 is 7.06. The predicted molar refractivity (Wildman–Crippen MR) is 78.8 cm³/mol. The molecule has 2 N–H and O–H groups in total. The Bertz CT molecular complexity index is 386. The van der Waals surface area contributed by atoms with Crippen molar-refractivity contribution in [3.63, 3.8) is 0 Å². The van der Waals surface area contributed by atoms with Crippen LogP contribution in [0.5, 0.6) is 5.75 Å². The molecular formula is C15H22BrNO. The molecule has 3 heteroatoms. The molecule has 0 aliphatic heterocycles. The van der Waals surface area contributed by atoms with E-state index >= 15 is 0 Å². The molecule has 2 nitrogen and oxygen atoms in total. The van der Waals surface area contributed by atoms with Gasteiger partial charge in [0, 0.05) is 16.1 Å². The molecule has 1 atom stereocenters. The average molecular weight is 312 g/mol. The van der Waals surface area contributed by atoms with Crippen LogP contribution in [-0.2, 0) is 0 Å². The van der Waals surface area contributed by atoms with Crippen molar-refractivity contribution in [1.29, 1.82) is 0 Å². The van der Waals surface area contributed by atoms with Crippen molar-refractivity contribution in [3.8, 4) is 5.75 Å². The lowest BCUT2D eigenvalue weighted by molar-refractivity contribution is 0.207. The van der Waals surface area contributed by atoms with E-state index in [2.05, 4.69) is 15.9 Å². The van der Waals surface area contributed by atoms with Gasteiger partial charge in [-0.3, -0.25) is 0 Å². The highest BCUT2D eigenvalue weighted by Gasteiger charge is 2.15. The normalized spacial score (nSPS) is 18.6. The summed E-state index contributed by atoms with van der Waals surface area (Å²) in [4.78, 5) is 0. The summed E-state index contributed by atoms with van der Waals surface area (Å²) in [7, 11) is 0. The van der Waals surface area contributed by atoms with Gasteiger partial charge in [0.25, 0.3) is 0 Å². The molecule has 100 valence electrons. The van der Waals surface area contributed by atoms with E-state index in [1.807, 2.05) is 25.1 Å². The number of nitrogens with two attached hydrogens (primary N) is 1. The minimum absolute atomic E-state index is 0.0134. The molecule has 1 unspecified atom stereocenters. The second-order valence-corrected chi connectivity index (χ2v) is 6.20. The van der Waals surface area contributed by atoms with Crippen LogP contribution in [0, 0.1) is 5.92 Å². The highest BCUT2D eigenvalue weighted by molar-refractivity contribution is 9.10. The molecule has 1 aromatic carbocycles. The van der Waals surface area contributed by atoms with Crippen LogP contribution in [0.4, 0.5) is 0 Å². The quantitative estimate of drug-likeness (QED) is 0.893. The Morgan fingerprint density at radius 2 is 2.06 bits per heavy atom. The van der Waals surface area contributed by atoms with Gasteiger partial charge in [-0.15, -0.1) is 0 Å². The smallest absolute Gasteiger partial charge is 0.125 e. The van der Waals surface area contributed by atoms with E-state index in [9.17, 15) is 0 Å². The maximum absolute atomic E-state index is 6.01. The van der Waals surface area contributed by atoms with Gasteiger partial charge in [0.15, 0.2) is 0 Å². The molecule has 1 saturated carbocycles. The molecule has 0 saturated heterocycles. The van der Waals surface area contributed by atoms with E-state index in [-0.39, 0.29) is 6.04 Å². The number of ether oxygens (including phenoxy) is 1. The molecule has 1 aliphatic rings. The van der Waals surface area contributed by atoms with Gasteiger partial charge in [-0.2, -0.15) is 0 Å². The van der Waals surface area contributed by atoms with E-state index in [4.69, 9.17) is 10.5 Å². The summed E-state index contributed by atoms with van der Waals surface area (Å²) in [6, 6.07) is 6.11. The van der Waals surface area contributed by atoms with Gasteiger partial charge in [0.05, 0.1) is 6.61 Å². The molecule has 0 amide bonds. The van der Waals surface area contributed by atoms with E-state index in [0.29, 0.717) is 0 Å². The van der Waals surface area contributed by atoms with E-state index in [0.717, 1.165) is 28.3 Å². The van der Waals surface area contributed by atoms with E-state index < -0.39 is 0 Å². The van der Waals surface area contributed by atoms with Gasteiger partial charge in [0.2, 0.25) is 0 Å². The lowest BCUT2D eigenvalue weighted by Crippen LogP contribution is -2.16. The van der Waals surface area contributed by atoms with Crippen LogP contribution in [0.1, 0.15) is 50.6 Å². The monoisotopic (exact) mass is 311 g/mol. The number of halogens is 1. The van der Waals surface area contributed by atoms with Gasteiger partial charge in [-0.1, -0.05) is 41.3 Å². The number of rotatable bonds is 4. The molecule has 2 rings (SSSR count). The van der Waals surface area contributed by atoms with Crippen molar-refractivity contribution in [2.24, 2.45) is 11.7 Å². The number of benzene rings is 1. The van der Waals surface area contributed by atoms with Gasteiger partial charge >= 0.3 is 0 Å². The second kappa shape index (κ2) is 6.58. The Balaban J connectivity index is 2.00. The van der Waals surface area contributed by atoms with Crippen molar-refractivity contribution < 1.29 is 4.74 Å². The zero-order valence-electron chi connectivity index (χ0n) is 11.0. The molecule has 1 aliphatic carbocycles. The molecule has 1 fully saturated rings. The fourth-order valence-corrected chi connectivity index (χ4v) is 2.91. The minimum Gasteiger partial charge on any atom is -0.493 e. The predicted octanol–water partition coefficient (Wildman–Crippen LogP) is 4.43. The Labute approximate surface area is 118 Å². The largest absolute Gasteiger partial charge is 0.493 e. The first kappa shape index (κ1) is 13.9. The maximum Gasteiger partial charge on any atom is 0.125 e. The molecule has 0 spiro atoms. The fraction of sp³-hybridized carbons (Fsp3) is 0.600. The van der Waals surface area contributed by atoms with Crippen molar-refractivity contribution >= 4 is 15.9 Å². The van der Waals surface area contributed by atoms with Crippen molar-refractivity contribution in [3.05, 3.63) is 28.2 Å². The summed E-state index contributed by atoms with van der Waals surface area (Å²) in [6.45, 7) is 2.83. The Hall–Kier alpha value is -0.540. The van der Waals surface area contributed by atoms with E-state index in [1.165, 1.54) is 32.1 Å². The summed E-state index contributed by atoms with van der Waals surface area (Å²) >= 11 is 3.49. The Kier molecular flexibility index (Phi) is 5.07. The molecule has 1 aromatic rings. The summed E-state index contributed by atoms with van der Waals surface area (Å²) in [5.74, 6) is 1.66. The molecule has 0 aromatic heterocycles. The summed E-state index contributed by atoms with van der Waals surface area (Å²) in [6.07, 6.45) is 6.71. The third-order valence-electron chi connectivity index (χ3n) is 3.67. The Morgan fingerprint density at radius 3 is 2.72 bits per heavy atom. The summed E-state index contributed by atoms with van der Waals surface area (Å²) in [5.41, 5.74) is 7.07. The SMILES string of the molecule is CC(N)c1ccc(Br)cc1OCC1CCCCC1. The number of hydrogen-bond acceptors (Lipinski definition) is 2. The molecule has 18 heavy (non-hydrogen) atoms. The topological polar surface area (TPSA) is 35.2 Å². The summed E-state index contributed by atoms with van der Waals surface area (Å²) in [5, 5.41) is 0. The van der Waals surface area contributed by atoms with Crippen molar-refractivity contribution in [1.82, 2.24) is 0 Å². The molecular weight excluding hydrogens is 290 g/mol. The van der Waals surface area contributed by atoms with Crippen LogP contribution in [0.2, 0.25) is 0 Å². The maximum atomic E-state index is 6.01. The Morgan fingerprint density at radius 1 is 1.33 bits per heavy atom. The van der Waals surface area contributed by atoms with Gasteiger partial charge < -0.3 is 10.5 Å². The van der Waals surface area contributed by atoms with Gasteiger partial charge in [0.1, 0.15) is 5.75 Å². The first-order valence-corrected chi connectivity index (χ1v) is 7.64. The highest BCUT2D eigenvalue weighted by atomic mass is 79.9. The second-order valence-electron chi connectivity index (χ2n) is 5.29. The van der Waals surface area contributed by atoms with Crippen LogP contribution >= 0.6 is 15.9 Å². The van der Waals surface area contributed by atoms with Crippen molar-refractivity contribution in [2.45, 2.75) is 45.1 Å².